The van der Waals surface area contributed by atoms with Gasteiger partial charge in [-0.2, -0.15) is 0 Å². The number of rotatable bonds is 16. The van der Waals surface area contributed by atoms with Gasteiger partial charge in [-0.25, -0.2) is 0 Å². The van der Waals surface area contributed by atoms with Gasteiger partial charge in [0.15, 0.2) is 32.8 Å². The number of benzene rings is 1. The van der Waals surface area contributed by atoms with Gasteiger partial charge in [0, 0.05) is 13.3 Å². The lowest BCUT2D eigenvalue weighted by molar-refractivity contribution is -0.354. The van der Waals surface area contributed by atoms with Crippen LogP contribution in [0.2, 0.25) is 18.1 Å². The number of aliphatic hydroxyl groups is 2. The van der Waals surface area contributed by atoms with E-state index in [4.69, 9.17) is 42.3 Å². The van der Waals surface area contributed by atoms with Crippen molar-refractivity contribution >= 4 is 26.0 Å². The maximum absolute atomic E-state index is 13.1. The lowest BCUT2D eigenvalue weighted by Gasteiger charge is -2.48. The monoisotopic (exact) mass is 754 g/mol. The Hall–Kier alpha value is -2.31. The predicted octanol–water partition coefficient (Wildman–Crippen LogP) is 3.78. The quantitative estimate of drug-likeness (QED) is 0.184. The van der Waals surface area contributed by atoms with Gasteiger partial charge in [-0.3, -0.25) is 9.59 Å². The fourth-order valence-corrected chi connectivity index (χ4v) is 8.66. The summed E-state index contributed by atoms with van der Waals surface area (Å²) in [6, 6.07) is 9.34. The molecule has 3 fully saturated rings. The molecule has 0 bridgehead atoms. The molecule has 0 aromatic heterocycles. The lowest BCUT2D eigenvalue weighted by atomic mass is 9.96. The van der Waals surface area contributed by atoms with E-state index in [2.05, 4.69) is 40.8 Å². The molecule has 3 aliphatic rings. The van der Waals surface area contributed by atoms with Crippen LogP contribution in [0.15, 0.2) is 30.3 Å². The molecule has 0 amide bonds. The van der Waals surface area contributed by atoms with Gasteiger partial charge in [0.05, 0.1) is 19.6 Å². The number of fused-ring (bicyclic) bond motifs is 1. The van der Waals surface area contributed by atoms with Crippen LogP contribution in [0, 0.1) is 5.92 Å². The van der Waals surface area contributed by atoms with Gasteiger partial charge in [0.2, 0.25) is 0 Å². The molecule has 3 saturated heterocycles. The first kappa shape index (κ1) is 42.4. The fourth-order valence-electron chi connectivity index (χ4n) is 6.32. The van der Waals surface area contributed by atoms with Crippen LogP contribution in [0.4, 0.5) is 0 Å². The van der Waals surface area contributed by atoms with E-state index in [0.717, 1.165) is 5.56 Å². The number of aliphatic hydroxyl groups excluding tert-OH is 2. The summed E-state index contributed by atoms with van der Waals surface area (Å²) in [5.41, 5.74) is 0.839. The number of ketones is 1. The number of Topliss-reactive ketones (excluding diaryl/α,β-unsaturated/α-hetero) is 1. The van der Waals surface area contributed by atoms with Crippen LogP contribution in [0.25, 0.3) is 0 Å². The predicted molar refractivity (Wildman–Crippen MR) is 188 cm³/mol. The zero-order chi connectivity index (χ0) is 38.6. The van der Waals surface area contributed by atoms with Gasteiger partial charge in [0.25, 0.3) is 0 Å². The summed E-state index contributed by atoms with van der Waals surface area (Å²) < 4.78 is 55.3. The molecule has 0 aliphatic carbocycles. The van der Waals surface area contributed by atoms with Gasteiger partial charge < -0.3 is 57.3 Å². The molecule has 14 nitrogen and oxygen atoms in total. The van der Waals surface area contributed by atoms with Crippen LogP contribution in [-0.2, 0) is 63.3 Å². The molecule has 1 aromatic rings. The topological polar surface area (TPSA) is 175 Å². The normalized spacial score (nSPS) is 31.9. The highest BCUT2D eigenvalue weighted by Gasteiger charge is 2.59. The van der Waals surface area contributed by atoms with Crippen molar-refractivity contribution in [2.75, 3.05) is 13.2 Å². The third-order valence-electron chi connectivity index (χ3n) is 10.6. The third kappa shape index (κ3) is 10.5. The molecule has 2 N–H and O–H groups in total. The molecule has 294 valence electrons. The van der Waals surface area contributed by atoms with E-state index in [9.17, 15) is 24.6 Å². The standard InChI is InChI=1S/C37H58O14Si/c1-21(2)36(5,6)52(9,10)45-20-26-30(28(41)29(42)34(46-26)44-18-24-14-12-11-13-15-24)49-35-33(48-27(40)17-16-22(3)38)32-31(50-37(7,8)51-32)25(47-35)19-43-23(4)39/h11-15,21,25-26,28-35,41-42H,16-20H2,1-10H3/t25-,26-,28-,29-,30-,31+,32+,33-,34-,35+/m1/s1. The number of carbonyl (C=O) groups is 3. The van der Waals surface area contributed by atoms with Crippen LogP contribution in [0.1, 0.15) is 73.8 Å². The molecule has 0 unspecified atom stereocenters. The fraction of sp³-hybridized carbons (Fsp3) is 0.757. The minimum atomic E-state index is -2.45. The van der Waals surface area contributed by atoms with E-state index >= 15 is 0 Å². The van der Waals surface area contributed by atoms with Gasteiger partial charge in [-0.1, -0.05) is 58.0 Å². The van der Waals surface area contributed by atoms with Gasteiger partial charge in [-0.05, 0) is 50.4 Å². The smallest absolute Gasteiger partial charge is 0.306 e. The summed E-state index contributed by atoms with van der Waals surface area (Å²) in [7, 11) is -2.45. The number of hydrogen-bond donors (Lipinski definition) is 2. The Balaban J connectivity index is 1.66. The lowest BCUT2D eigenvalue weighted by Crippen LogP contribution is -2.65. The van der Waals surface area contributed by atoms with Crippen LogP contribution in [-0.4, -0.2) is 117 Å². The van der Waals surface area contributed by atoms with E-state index in [1.54, 1.807) is 13.8 Å². The Bertz CT molecular complexity index is 1350. The number of ether oxygens (including phenoxy) is 8. The molecule has 0 radical (unpaired) electrons. The summed E-state index contributed by atoms with van der Waals surface area (Å²) in [6.07, 6.45) is -12.3. The van der Waals surface area contributed by atoms with Crippen molar-refractivity contribution in [3.05, 3.63) is 35.9 Å². The minimum absolute atomic E-state index is 0.0274. The maximum atomic E-state index is 13.1. The highest BCUT2D eigenvalue weighted by atomic mass is 28.4. The molecular formula is C37H58O14Si. The molecular weight excluding hydrogens is 696 g/mol. The molecule has 15 heteroatoms. The molecule has 3 aliphatic heterocycles. The Morgan fingerprint density at radius 3 is 2.13 bits per heavy atom. The Labute approximate surface area is 307 Å². The molecule has 52 heavy (non-hydrogen) atoms. The molecule has 10 atom stereocenters. The molecule has 4 rings (SSSR count). The summed E-state index contributed by atoms with van der Waals surface area (Å²) in [6.45, 7) is 18.7. The van der Waals surface area contributed by atoms with Gasteiger partial charge in [0.1, 0.15) is 55.1 Å². The van der Waals surface area contributed by atoms with Crippen molar-refractivity contribution in [1.29, 1.82) is 0 Å². The summed E-state index contributed by atoms with van der Waals surface area (Å²) in [5.74, 6) is -2.30. The highest BCUT2D eigenvalue weighted by Crippen LogP contribution is 2.45. The van der Waals surface area contributed by atoms with Crippen LogP contribution >= 0.6 is 0 Å². The van der Waals surface area contributed by atoms with E-state index in [1.807, 2.05) is 30.3 Å². The average Bonchev–Trinajstić information content (AvgIpc) is 3.40. The van der Waals surface area contributed by atoms with E-state index in [1.165, 1.54) is 13.8 Å². The Kier molecular flexibility index (Phi) is 14.2. The van der Waals surface area contributed by atoms with Crippen molar-refractivity contribution < 1.29 is 66.9 Å². The van der Waals surface area contributed by atoms with Gasteiger partial charge >= 0.3 is 11.9 Å². The number of hydrogen-bond acceptors (Lipinski definition) is 14. The van der Waals surface area contributed by atoms with Crippen molar-refractivity contribution in [3.63, 3.8) is 0 Å². The molecule has 0 saturated carbocycles. The Morgan fingerprint density at radius 1 is 0.885 bits per heavy atom. The second-order valence-electron chi connectivity index (χ2n) is 15.7. The van der Waals surface area contributed by atoms with E-state index in [-0.39, 0.29) is 43.5 Å². The third-order valence-corrected chi connectivity index (χ3v) is 15.2. The first-order chi connectivity index (χ1) is 24.2. The maximum Gasteiger partial charge on any atom is 0.306 e. The van der Waals surface area contributed by atoms with E-state index in [0.29, 0.717) is 5.92 Å². The average molecular weight is 755 g/mol. The van der Waals surface area contributed by atoms with Gasteiger partial charge in [-0.15, -0.1) is 0 Å². The van der Waals surface area contributed by atoms with Crippen molar-refractivity contribution in [3.8, 4) is 0 Å². The minimum Gasteiger partial charge on any atom is -0.463 e. The second kappa shape index (κ2) is 17.4. The zero-order valence-electron chi connectivity index (χ0n) is 32.1. The van der Waals surface area contributed by atoms with Crippen molar-refractivity contribution in [2.24, 2.45) is 5.92 Å². The van der Waals surface area contributed by atoms with Crippen LogP contribution in [0.5, 0.6) is 0 Å². The number of esters is 2. The summed E-state index contributed by atoms with van der Waals surface area (Å²) >= 11 is 0. The first-order valence-corrected chi connectivity index (χ1v) is 20.9. The van der Waals surface area contributed by atoms with Crippen LogP contribution < -0.4 is 0 Å². The van der Waals surface area contributed by atoms with Crippen molar-refractivity contribution in [1.82, 2.24) is 0 Å². The van der Waals surface area contributed by atoms with Crippen LogP contribution in [0.3, 0.4) is 0 Å². The second-order valence-corrected chi connectivity index (χ2v) is 20.3. The van der Waals surface area contributed by atoms with E-state index < -0.39 is 87.5 Å². The Morgan fingerprint density at radius 2 is 1.52 bits per heavy atom. The molecule has 1 aromatic carbocycles. The SMILES string of the molecule is CC(=O)CCC(=O)O[C@H]1[C@H](O[C@H]2[C@H](O)[C@@H](O)[C@H](OCc3ccccc3)O[C@@H]2CO[Si](C)(C)C(C)(C)C(C)C)O[C@H](COC(C)=O)[C@@H]2OC(C)(C)O[C@@H]21. The number of carbonyl (C=O) groups excluding carboxylic acids is 3. The highest BCUT2D eigenvalue weighted by molar-refractivity contribution is 6.74. The molecule has 0 spiro atoms. The van der Waals surface area contributed by atoms with Crippen molar-refractivity contribution in [2.45, 2.75) is 160 Å². The summed E-state index contributed by atoms with van der Waals surface area (Å²) in [5, 5.41) is 22.9. The zero-order valence-corrected chi connectivity index (χ0v) is 33.1. The first-order valence-electron chi connectivity index (χ1n) is 18.0. The largest absolute Gasteiger partial charge is 0.463 e. The molecule has 3 heterocycles. The summed E-state index contributed by atoms with van der Waals surface area (Å²) in [4.78, 5) is 36.6.